The van der Waals surface area contributed by atoms with Crippen molar-refractivity contribution in [3.63, 3.8) is 0 Å². The van der Waals surface area contributed by atoms with Crippen LogP contribution in [0.2, 0.25) is 0 Å². The fourth-order valence-corrected chi connectivity index (χ4v) is 3.73. The summed E-state index contributed by atoms with van der Waals surface area (Å²) in [5.41, 5.74) is 2.86. The van der Waals surface area contributed by atoms with E-state index in [2.05, 4.69) is 60.3 Å². The number of benzene rings is 1. The molecule has 1 N–H and O–H groups in total. The summed E-state index contributed by atoms with van der Waals surface area (Å²) in [4.78, 5) is 0. The average molecular weight is 310 g/mol. The van der Waals surface area contributed by atoms with Crippen LogP contribution in [0.4, 0.5) is 0 Å². The van der Waals surface area contributed by atoms with Crippen LogP contribution in [0, 0.1) is 18.8 Å². The maximum Gasteiger partial charge on any atom is 0.0348 e. The van der Waals surface area contributed by atoms with Crippen molar-refractivity contribution in [3.05, 3.63) is 33.8 Å². The second-order valence-corrected chi connectivity index (χ2v) is 6.70. The van der Waals surface area contributed by atoms with Gasteiger partial charge < -0.3 is 5.32 Å². The molecule has 0 radical (unpaired) electrons. The first-order chi connectivity index (χ1) is 8.61. The minimum Gasteiger partial charge on any atom is -0.313 e. The molecule has 2 rings (SSSR count). The molecule has 1 atom stereocenters. The monoisotopic (exact) mass is 309 g/mol. The van der Waals surface area contributed by atoms with Crippen LogP contribution in [-0.4, -0.2) is 7.05 Å². The third-order valence-electron chi connectivity index (χ3n) is 4.41. The molecule has 0 spiro atoms. The Kier molecular flexibility index (Phi) is 4.85. The van der Waals surface area contributed by atoms with E-state index < -0.39 is 0 Å². The standard InChI is InChI=1S/C16H24BrN/c1-11-4-6-13(7-5-11)16(18-3)15-9-8-14(17)10-12(15)2/h8-11,13,16,18H,4-7H2,1-3H3. The molecule has 1 fully saturated rings. The van der Waals surface area contributed by atoms with E-state index in [4.69, 9.17) is 0 Å². The molecule has 100 valence electrons. The Morgan fingerprint density at radius 3 is 2.44 bits per heavy atom. The van der Waals surface area contributed by atoms with Crippen molar-refractivity contribution in [1.82, 2.24) is 5.32 Å². The van der Waals surface area contributed by atoms with Crippen molar-refractivity contribution >= 4 is 15.9 Å². The average Bonchev–Trinajstić information content (AvgIpc) is 2.35. The number of halogens is 1. The SMILES string of the molecule is CNC(c1ccc(Br)cc1C)C1CCC(C)CC1. The van der Waals surface area contributed by atoms with Gasteiger partial charge in [0.2, 0.25) is 0 Å². The maximum atomic E-state index is 3.55. The first-order valence-corrected chi connectivity index (χ1v) is 7.84. The number of hydrogen-bond acceptors (Lipinski definition) is 1. The minimum atomic E-state index is 0.519. The van der Waals surface area contributed by atoms with Crippen LogP contribution >= 0.6 is 15.9 Å². The van der Waals surface area contributed by atoms with Crippen LogP contribution < -0.4 is 5.32 Å². The second-order valence-electron chi connectivity index (χ2n) is 5.79. The summed E-state index contributed by atoms with van der Waals surface area (Å²) in [5.74, 6) is 1.72. The molecule has 0 amide bonds. The fourth-order valence-electron chi connectivity index (χ4n) is 3.25. The van der Waals surface area contributed by atoms with Gasteiger partial charge in [0.25, 0.3) is 0 Å². The molecular formula is C16H24BrN. The Hall–Kier alpha value is -0.340. The summed E-state index contributed by atoms with van der Waals surface area (Å²) in [6.45, 7) is 4.60. The van der Waals surface area contributed by atoms with Gasteiger partial charge in [-0.1, -0.05) is 41.8 Å². The zero-order chi connectivity index (χ0) is 13.1. The molecule has 1 aliphatic carbocycles. The molecule has 18 heavy (non-hydrogen) atoms. The quantitative estimate of drug-likeness (QED) is 0.842. The van der Waals surface area contributed by atoms with Crippen molar-refractivity contribution in [2.75, 3.05) is 7.05 Å². The number of aryl methyl sites for hydroxylation is 1. The fraction of sp³-hybridized carbons (Fsp3) is 0.625. The summed E-state index contributed by atoms with van der Waals surface area (Å²) < 4.78 is 1.18. The number of hydrogen-bond donors (Lipinski definition) is 1. The first kappa shape index (κ1) is 14.1. The van der Waals surface area contributed by atoms with E-state index >= 15 is 0 Å². The summed E-state index contributed by atoms with van der Waals surface area (Å²) in [7, 11) is 2.10. The lowest BCUT2D eigenvalue weighted by molar-refractivity contribution is 0.237. The predicted molar refractivity (Wildman–Crippen MR) is 81.8 cm³/mol. The van der Waals surface area contributed by atoms with Crippen LogP contribution in [0.1, 0.15) is 49.8 Å². The highest BCUT2D eigenvalue weighted by Gasteiger charge is 2.26. The van der Waals surface area contributed by atoms with Gasteiger partial charge in [0.1, 0.15) is 0 Å². The Balaban J connectivity index is 2.17. The van der Waals surface area contributed by atoms with Gasteiger partial charge in [-0.15, -0.1) is 0 Å². The molecule has 0 heterocycles. The lowest BCUT2D eigenvalue weighted by Gasteiger charge is -2.33. The summed E-state index contributed by atoms with van der Waals surface area (Å²) in [6.07, 6.45) is 5.50. The molecule has 1 aromatic rings. The summed E-state index contributed by atoms with van der Waals surface area (Å²) in [6, 6.07) is 7.19. The molecule has 0 saturated heterocycles. The molecule has 0 aliphatic heterocycles. The smallest absolute Gasteiger partial charge is 0.0348 e. The highest BCUT2D eigenvalue weighted by Crippen LogP contribution is 2.37. The van der Waals surface area contributed by atoms with Crippen LogP contribution in [0.15, 0.2) is 22.7 Å². The Labute approximate surface area is 119 Å². The van der Waals surface area contributed by atoms with Gasteiger partial charge in [0, 0.05) is 10.5 Å². The molecule has 1 aromatic carbocycles. The van der Waals surface area contributed by atoms with Gasteiger partial charge in [-0.05, 0) is 61.9 Å². The highest BCUT2D eigenvalue weighted by molar-refractivity contribution is 9.10. The molecule has 1 aliphatic rings. The maximum absolute atomic E-state index is 3.55. The summed E-state index contributed by atoms with van der Waals surface area (Å²) >= 11 is 3.55. The molecular weight excluding hydrogens is 286 g/mol. The Bertz CT molecular complexity index is 394. The van der Waals surface area contributed by atoms with E-state index in [1.54, 1.807) is 0 Å². The predicted octanol–water partition coefficient (Wildman–Crippen LogP) is 4.84. The van der Waals surface area contributed by atoms with Crippen molar-refractivity contribution in [1.29, 1.82) is 0 Å². The van der Waals surface area contributed by atoms with Gasteiger partial charge in [-0.2, -0.15) is 0 Å². The van der Waals surface area contributed by atoms with Crippen LogP contribution in [0.5, 0.6) is 0 Å². The Morgan fingerprint density at radius 2 is 1.89 bits per heavy atom. The Morgan fingerprint density at radius 1 is 1.22 bits per heavy atom. The van der Waals surface area contributed by atoms with Crippen LogP contribution in [0.3, 0.4) is 0 Å². The van der Waals surface area contributed by atoms with Crippen LogP contribution in [-0.2, 0) is 0 Å². The topological polar surface area (TPSA) is 12.0 Å². The minimum absolute atomic E-state index is 0.519. The van der Waals surface area contributed by atoms with Gasteiger partial charge in [0.05, 0.1) is 0 Å². The zero-order valence-electron chi connectivity index (χ0n) is 11.7. The lowest BCUT2D eigenvalue weighted by Crippen LogP contribution is -2.28. The molecule has 1 unspecified atom stereocenters. The molecule has 2 heteroatoms. The van der Waals surface area contributed by atoms with Crippen molar-refractivity contribution < 1.29 is 0 Å². The number of rotatable bonds is 3. The summed E-state index contributed by atoms with van der Waals surface area (Å²) in [5, 5.41) is 3.55. The van der Waals surface area contributed by atoms with Gasteiger partial charge in [-0.3, -0.25) is 0 Å². The number of nitrogens with one attached hydrogen (secondary N) is 1. The van der Waals surface area contributed by atoms with Crippen molar-refractivity contribution in [3.8, 4) is 0 Å². The third kappa shape index (κ3) is 3.16. The highest BCUT2D eigenvalue weighted by atomic mass is 79.9. The van der Waals surface area contributed by atoms with E-state index in [1.807, 2.05) is 0 Å². The van der Waals surface area contributed by atoms with Gasteiger partial charge in [-0.25, -0.2) is 0 Å². The van der Waals surface area contributed by atoms with E-state index in [0.717, 1.165) is 11.8 Å². The molecule has 0 bridgehead atoms. The van der Waals surface area contributed by atoms with E-state index in [9.17, 15) is 0 Å². The van der Waals surface area contributed by atoms with Crippen molar-refractivity contribution in [2.24, 2.45) is 11.8 Å². The second kappa shape index (κ2) is 6.21. The third-order valence-corrected chi connectivity index (χ3v) is 4.90. The van der Waals surface area contributed by atoms with E-state index in [0.29, 0.717) is 6.04 Å². The van der Waals surface area contributed by atoms with Gasteiger partial charge >= 0.3 is 0 Å². The lowest BCUT2D eigenvalue weighted by atomic mass is 9.77. The molecule has 1 saturated carbocycles. The zero-order valence-corrected chi connectivity index (χ0v) is 13.3. The van der Waals surface area contributed by atoms with Gasteiger partial charge in [0.15, 0.2) is 0 Å². The molecule has 1 nitrogen and oxygen atoms in total. The van der Waals surface area contributed by atoms with E-state index in [-0.39, 0.29) is 0 Å². The normalized spacial score (nSPS) is 26.0. The first-order valence-electron chi connectivity index (χ1n) is 7.05. The van der Waals surface area contributed by atoms with E-state index in [1.165, 1.54) is 41.3 Å². The van der Waals surface area contributed by atoms with Crippen LogP contribution in [0.25, 0.3) is 0 Å². The molecule has 0 aromatic heterocycles. The van der Waals surface area contributed by atoms with Crippen molar-refractivity contribution in [2.45, 2.75) is 45.6 Å². The largest absolute Gasteiger partial charge is 0.313 e.